The van der Waals surface area contributed by atoms with E-state index in [2.05, 4.69) is 15.6 Å². The summed E-state index contributed by atoms with van der Waals surface area (Å²) in [5.74, 6) is -0.266. The molecule has 1 amide bonds. The Hall–Kier alpha value is -1.96. The number of hydrogen-bond donors (Lipinski definition) is 1. The van der Waals surface area contributed by atoms with E-state index < -0.39 is 6.29 Å². The van der Waals surface area contributed by atoms with Crippen molar-refractivity contribution in [3.8, 4) is 0 Å². The van der Waals surface area contributed by atoms with E-state index in [4.69, 9.17) is 21.1 Å². The number of halogens is 1. The Labute approximate surface area is 152 Å². The van der Waals surface area contributed by atoms with Gasteiger partial charge < -0.3 is 14.8 Å². The van der Waals surface area contributed by atoms with Gasteiger partial charge >= 0.3 is 0 Å². The van der Waals surface area contributed by atoms with Gasteiger partial charge in [0.15, 0.2) is 12.0 Å². The highest BCUT2D eigenvalue weighted by Gasteiger charge is 2.14. The lowest BCUT2D eigenvalue weighted by Gasteiger charge is -2.16. The van der Waals surface area contributed by atoms with Crippen molar-refractivity contribution >= 4 is 17.5 Å². The molecule has 0 radical (unpaired) electrons. The van der Waals surface area contributed by atoms with Crippen LogP contribution >= 0.6 is 11.6 Å². The number of hydrogen-bond acceptors (Lipinski definition) is 5. The normalized spacial score (nSPS) is 11.0. The zero-order valence-corrected chi connectivity index (χ0v) is 15.2. The minimum atomic E-state index is -0.407. The first kappa shape index (κ1) is 19.4. The highest BCUT2D eigenvalue weighted by molar-refractivity contribution is 6.30. The van der Waals surface area contributed by atoms with Gasteiger partial charge in [0, 0.05) is 24.8 Å². The minimum absolute atomic E-state index is 0.262. The molecule has 2 rings (SSSR count). The molecule has 0 aliphatic rings. The van der Waals surface area contributed by atoms with E-state index in [1.807, 2.05) is 38.1 Å². The predicted molar refractivity (Wildman–Crippen MR) is 94.6 cm³/mol. The first-order chi connectivity index (χ1) is 12.1. The molecular formula is C17H23ClN4O3. The van der Waals surface area contributed by atoms with Crippen molar-refractivity contribution in [3.05, 3.63) is 46.7 Å². The zero-order chi connectivity index (χ0) is 18.1. The van der Waals surface area contributed by atoms with Crippen LogP contribution in [0.1, 0.15) is 29.9 Å². The topological polar surface area (TPSA) is 78.3 Å². The summed E-state index contributed by atoms with van der Waals surface area (Å²) in [5.41, 5.74) is 1.32. The highest BCUT2D eigenvalue weighted by Crippen LogP contribution is 2.10. The van der Waals surface area contributed by atoms with Gasteiger partial charge in [0.1, 0.15) is 0 Å². The van der Waals surface area contributed by atoms with Crippen LogP contribution < -0.4 is 5.32 Å². The number of amides is 1. The molecule has 0 saturated carbocycles. The number of aromatic nitrogens is 3. The maximum Gasteiger partial charge on any atom is 0.273 e. The summed E-state index contributed by atoms with van der Waals surface area (Å²) in [7, 11) is 0. The molecule has 1 aromatic carbocycles. The van der Waals surface area contributed by atoms with Crippen LogP contribution in [-0.4, -0.2) is 46.9 Å². The molecule has 0 bridgehead atoms. The fourth-order valence-electron chi connectivity index (χ4n) is 2.27. The molecule has 0 fully saturated rings. The van der Waals surface area contributed by atoms with Crippen molar-refractivity contribution in [1.82, 2.24) is 20.3 Å². The van der Waals surface area contributed by atoms with Gasteiger partial charge in [0.25, 0.3) is 5.91 Å². The molecule has 0 aliphatic heterocycles. The summed E-state index contributed by atoms with van der Waals surface area (Å²) >= 11 is 5.94. The van der Waals surface area contributed by atoms with Gasteiger partial charge in [-0.15, -0.1) is 5.10 Å². The molecular weight excluding hydrogens is 344 g/mol. The summed E-state index contributed by atoms with van der Waals surface area (Å²) < 4.78 is 12.5. The molecule has 136 valence electrons. The Bertz CT molecular complexity index is 671. The van der Waals surface area contributed by atoms with E-state index in [-0.39, 0.29) is 11.6 Å². The van der Waals surface area contributed by atoms with Crippen LogP contribution in [0.3, 0.4) is 0 Å². The Kier molecular flexibility index (Phi) is 7.84. The SMILES string of the molecule is CCOC(Cn1cc(C(=O)NCCc2cccc(Cl)c2)nn1)OCC. The number of benzene rings is 1. The molecule has 8 heteroatoms. The molecule has 0 unspecified atom stereocenters. The lowest BCUT2D eigenvalue weighted by Crippen LogP contribution is -2.26. The van der Waals surface area contributed by atoms with Crippen molar-refractivity contribution in [3.63, 3.8) is 0 Å². The lowest BCUT2D eigenvalue weighted by molar-refractivity contribution is -0.145. The predicted octanol–water partition coefficient (Wildman–Crippen LogP) is 2.30. The van der Waals surface area contributed by atoms with Crippen LogP contribution in [0.4, 0.5) is 0 Å². The van der Waals surface area contributed by atoms with Crippen molar-refractivity contribution in [2.75, 3.05) is 19.8 Å². The van der Waals surface area contributed by atoms with E-state index in [1.165, 1.54) is 0 Å². The second kappa shape index (κ2) is 10.1. The molecule has 7 nitrogen and oxygen atoms in total. The third-order valence-corrected chi connectivity index (χ3v) is 3.64. The van der Waals surface area contributed by atoms with E-state index in [0.29, 0.717) is 37.7 Å². The van der Waals surface area contributed by atoms with Crippen molar-refractivity contribution in [2.24, 2.45) is 0 Å². The average Bonchev–Trinajstić information content (AvgIpc) is 3.04. The van der Waals surface area contributed by atoms with E-state index in [0.717, 1.165) is 5.56 Å². The van der Waals surface area contributed by atoms with Gasteiger partial charge in [-0.1, -0.05) is 28.9 Å². The standard InChI is InChI=1S/C17H23ClN4O3/c1-3-24-16(25-4-2)12-22-11-15(20-21-22)17(23)19-9-8-13-6-5-7-14(18)10-13/h5-7,10-11,16H,3-4,8-9,12H2,1-2H3,(H,19,23). The Morgan fingerprint density at radius 1 is 1.32 bits per heavy atom. The smallest absolute Gasteiger partial charge is 0.273 e. The molecule has 1 N–H and O–H groups in total. The van der Waals surface area contributed by atoms with E-state index >= 15 is 0 Å². The summed E-state index contributed by atoms with van der Waals surface area (Å²) in [6, 6.07) is 7.56. The Morgan fingerprint density at radius 2 is 2.08 bits per heavy atom. The fraction of sp³-hybridized carbons (Fsp3) is 0.471. The van der Waals surface area contributed by atoms with Crippen molar-refractivity contribution in [1.29, 1.82) is 0 Å². The molecule has 0 spiro atoms. The zero-order valence-electron chi connectivity index (χ0n) is 14.4. The van der Waals surface area contributed by atoms with Gasteiger partial charge in [-0.05, 0) is 38.0 Å². The maximum atomic E-state index is 12.1. The van der Waals surface area contributed by atoms with E-state index in [9.17, 15) is 4.79 Å². The van der Waals surface area contributed by atoms with Gasteiger partial charge in [-0.3, -0.25) is 4.79 Å². The van der Waals surface area contributed by atoms with Crippen LogP contribution in [0.15, 0.2) is 30.5 Å². The number of nitrogens with zero attached hydrogens (tertiary/aromatic N) is 3. The highest BCUT2D eigenvalue weighted by atomic mass is 35.5. The third-order valence-electron chi connectivity index (χ3n) is 3.40. The maximum absolute atomic E-state index is 12.1. The van der Waals surface area contributed by atoms with Crippen LogP contribution in [0.25, 0.3) is 0 Å². The number of carbonyl (C=O) groups is 1. The number of carbonyl (C=O) groups excluding carboxylic acids is 1. The van der Waals surface area contributed by atoms with Gasteiger partial charge in [-0.25, -0.2) is 4.68 Å². The van der Waals surface area contributed by atoms with Gasteiger partial charge in [0.05, 0.1) is 12.7 Å². The summed E-state index contributed by atoms with van der Waals surface area (Å²) in [5, 5.41) is 11.4. The van der Waals surface area contributed by atoms with E-state index in [1.54, 1.807) is 10.9 Å². The molecule has 0 aliphatic carbocycles. The third kappa shape index (κ3) is 6.45. The minimum Gasteiger partial charge on any atom is -0.351 e. The lowest BCUT2D eigenvalue weighted by atomic mass is 10.1. The largest absolute Gasteiger partial charge is 0.351 e. The summed E-state index contributed by atoms with van der Waals surface area (Å²) in [4.78, 5) is 12.1. The number of rotatable bonds is 10. The molecule has 0 atom stereocenters. The van der Waals surface area contributed by atoms with Crippen molar-refractivity contribution in [2.45, 2.75) is 33.1 Å². The quantitative estimate of drug-likeness (QED) is 0.653. The van der Waals surface area contributed by atoms with Crippen LogP contribution in [0.5, 0.6) is 0 Å². The van der Waals surface area contributed by atoms with Crippen molar-refractivity contribution < 1.29 is 14.3 Å². The molecule has 1 heterocycles. The molecule has 1 aromatic heterocycles. The second-order valence-electron chi connectivity index (χ2n) is 5.30. The monoisotopic (exact) mass is 366 g/mol. The molecule has 2 aromatic rings. The van der Waals surface area contributed by atoms with Crippen LogP contribution in [0, 0.1) is 0 Å². The average molecular weight is 367 g/mol. The first-order valence-corrected chi connectivity index (χ1v) is 8.66. The number of nitrogens with one attached hydrogen (secondary N) is 1. The Morgan fingerprint density at radius 3 is 2.76 bits per heavy atom. The fourth-order valence-corrected chi connectivity index (χ4v) is 2.49. The second-order valence-corrected chi connectivity index (χ2v) is 5.74. The summed E-state index contributed by atoms with van der Waals surface area (Å²) in [6.07, 6.45) is 1.87. The Balaban J connectivity index is 1.83. The summed E-state index contributed by atoms with van der Waals surface area (Å²) in [6.45, 7) is 5.74. The van der Waals surface area contributed by atoms with Gasteiger partial charge in [0.2, 0.25) is 0 Å². The van der Waals surface area contributed by atoms with Crippen LogP contribution in [-0.2, 0) is 22.4 Å². The molecule has 0 saturated heterocycles. The van der Waals surface area contributed by atoms with Gasteiger partial charge in [-0.2, -0.15) is 0 Å². The first-order valence-electron chi connectivity index (χ1n) is 8.28. The van der Waals surface area contributed by atoms with Crippen LogP contribution in [0.2, 0.25) is 5.02 Å². The molecule has 25 heavy (non-hydrogen) atoms. The number of ether oxygens (including phenoxy) is 2.